The fourth-order valence-corrected chi connectivity index (χ4v) is 8.30. The third-order valence-electron chi connectivity index (χ3n) is 10.2. The molecule has 9 nitrogen and oxygen atoms in total. The topological polar surface area (TPSA) is 104 Å². The van der Waals surface area contributed by atoms with Gasteiger partial charge in [0.15, 0.2) is 0 Å². The largest absolute Gasteiger partial charge is 0.491 e. The lowest BCUT2D eigenvalue weighted by atomic mass is 9.45. The summed E-state index contributed by atoms with van der Waals surface area (Å²) in [6.45, 7) is 13.3. The van der Waals surface area contributed by atoms with Crippen LogP contribution in [0.2, 0.25) is 0 Å². The Morgan fingerprint density at radius 1 is 1.27 bits per heavy atom. The molecule has 1 aromatic carbocycles. The Morgan fingerprint density at radius 3 is 2.67 bits per heavy atom. The van der Waals surface area contributed by atoms with Crippen molar-refractivity contribution in [2.75, 3.05) is 46.1 Å². The van der Waals surface area contributed by atoms with Gasteiger partial charge in [-0.2, -0.15) is 5.06 Å². The van der Waals surface area contributed by atoms with Crippen LogP contribution in [0.15, 0.2) is 18.2 Å². The van der Waals surface area contributed by atoms with Gasteiger partial charge in [-0.1, -0.05) is 32.9 Å². The summed E-state index contributed by atoms with van der Waals surface area (Å²) in [6, 6.07) is 5.35. The molecular formula is C30H46IN3O6. The highest BCUT2D eigenvalue weighted by molar-refractivity contribution is 14.1. The van der Waals surface area contributed by atoms with E-state index < -0.39 is 24.2 Å². The molecule has 8 atom stereocenters. The van der Waals surface area contributed by atoms with Gasteiger partial charge in [0.2, 0.25) is 5.91 Å². The summed E-state index contributed by atoms with van der Waals surface area (Å²) in [5.41, 5.74) is 1.24. The third kappa shape index (κ3) is 6.05. The molecule has 1 aromatic rings. The first-order valence-electron chi connectivity index (χ1n) is 14.8. The standard InChI is InChI=1S/C30H46IN3O6/c1-18-22-14-21(30(22,3)4)15-24(18)32-29(37)27-26(19(2)36)25(17-35)40-34(27)16-20-6-5-7-23(31)28(20)39-13-10-33-8-11-38-12-9-33/h5-7,18-19,21-22,24-27,35-36H,8-17H2,1-4H3,(H,32,37)/t18-,19-,21+,22?,24-,25-,26+,27-/m0/s1. The highest BCUT2D eigenvalue weighted by Gasteiger charge is 2.57. The fraction of sp³-hybridized carbons (Fsp3) is 0.767. The van der Waals surface area contributed by atoms with Crippen LogP contribution in [0.25, 0.3) is 0 Å². The average Bonchev–Trinajstić information content (AvgIpc) is 3.30. The molecule has 1 unspecified atom stereocenters. The minimum absolute atomic E-state index is 0.103. The Kier molecular flexibility index (Phi) is 9.66. The number of carbonyl (C=O) groups excluding carboxylic acids is 1. The maximum Gasteiger partial charge on any atom is 0.240 e. The van der Waals surface area contributed by atoms with Crippen molar-refractivity contribution in [3.63, 3.8) is 0 Å². The van der Waals surface area contributed by atoms with Gasteiger partial charge in [-0.3, -0.25) is 14.5 Å². The number of benzene rings is 1. The Bertz CT molecular complexity index is 1030. The summed E-state index contributed by atoms with van der Waals surface area (Å²) in [5, 5.41) is 25.9. The van der Waals surface area contributed by atoms with Gasteiger partial charge in [-0.25, -0.2) is 0 Å². The van der Waals surface area contributed by atoms with E-state index in [0.29, 0.717) is 36.3 Å². The normalized spacial score (nSPS) is 34.7. The molecule has 0 radical (unpaired) electrons. The first kappa shape index (κ1) is 30.4. The predicted octanol–water partition coefficient (Wildman–Crippen LogP) is 2.66. The second kappa shape index (κ2) is 12.7. The van der Waals surface area contributed by atoms with E-state index in [1.165, 1.54) is 6.42 Å². The lowest BCUT2D eigenvalue weighted by Crippen LogP contribution is -2.62. The summed E-state index contributed by atoms with van der Waals surface area (Å²) in [7, 11) is 0. The van der Waals surface area contributed by atoms with Crippen molar-refractivity contribution in [3.05, 3.63) is 27.3 Å². The van der Waals surface area contributed by atoms with E-state index in [4.69, 9.17) is 14.3 Å². The number of nitrogens with zero attached hydrogens (tertiary/aromatic N) is 2. The van der Waals surface area contributed by atoms with Gasteiger partial charge in [-0.15, -0.1) is 0 Å². The second-order valence-electron chi connectivity index (χ2n) is 12.8. The van der Waals surface area contributed by atoms with Crippen LogP contribution in [0.1, 0.15) is 46.1 Å². The van der Waals surface area contributed by atoms with Crippen LogP contribution in [0, 0.1) is 32.7 Å². The second-order valence-corrected chi connectivity index (χ2v) is 13.9. The fourth-order valence-electron chi connectivity index (χ4n) is 7.59. The highest BCUT2D eigenvalue weighted by Crippen LogP contribution is 2.61. The van der Waals surface area contributed by atoms with Gasteiger partial charge in [-0.05, 0) is 71.6 Å². The predicted molar refractivity (Wildman–Crippen MR) is 159 cm³/mol. The van der Waals surface area contributed by atoms with E-state index in [9.17, 15) is 15.0 Å². The zero-order valence-electron chi connectivity index (χ0n) is 24.2. The van der Waals surface area contributed by atoms with Crippen LogP contribution >= 0.6 is 22.6 Å². The van der Waals surface area contributed by atoms with Crippen molar-refractivity contribution in [1.29, 1.82) is 0 Å². The molecule has 2 aliphatic heterocycles. The van der Waals surface area contributed by atoms with Crippen molar-refractivity contribution in [3.8, 4) is 5.75 Å². The summed E-state index contributed by atoms with van der Waals surface area (Å²) >= 11 is 2.28. The summed E-state index contributed by atoms with van der Waals surface area (Å²) in [5.74, 6) is 1.70. The number of ether oxygens (including phenoxy) is 2. The number of aliphatic hydroxyl groups excluding tert-OH is 2. The number of hydrogen-bond acceptors (Lipinski definition) is 8. The van der Waals surface area contributed by atoms with Crippen LogP contribution in [0.3, 0.4) is 0 Å². The van der Waals surface area contributed by atoms with E-state index in [1.54, 1.807) is 12.0 Å². The third-order valence-corrected chi connectivity index (χ3v) is 11.0. The number of para-hydroxylation sites is 1. The number of aliphatic hydroxyl groups is 2. The molecular weight excluding hydrogens is 625 g/mol. The molecule has 224 valence electrons. The molecule has 5 fully saturated rings. The number of hydrogen-bond donors (Lipinski definition) is 3. The molecule has 2 heterocycles. The Morgan fingerprint density at radius 2 is 2.02 bits per heavy atom. The summed E-state index contributed by atoms with van der Waals surface area (Å²) in [6.07, 6.45) is 0.725. The van der Waals surface area contributed by atoms with Crippen molar-refractivity contribution >= 4 is 28.5 Å². The molecule has 6 rings (SSSR count). The van der Waals surface area contributed by atoms with E-state index in [-0.39, 0.29) is 18.6 Å². The smallest absolute Gasteiger partial charge is 0.240 e. The van der Waals surface area contributed by atoms with Crippen molar-refractivity contribution in [2.45, 2.75) is 71.4 Å². The lowest BCUT2D eigenvalue weighted by Gasteiger charge is -2.62. The van der Waals surface area contributed by atoms with Crippen LogP contribution < -0.4 is 10.1 Å². The minimum Gasteiger partial charge on any atom is -0.491 e. The van der Waals surface area contributed by atoms with Gasteiger partial charge in [0.05, 0.1) is 36.0 Å². The lowest BCUT2D eigenvalue weighted by molar-refractivity contribution is -0.183. The molecule has 5 aliphatic rings. The molecule has 3 N–H and O–H groups in total. The van der Waals surface area contributed by atoms with Crippen molar-refractivity contribution in [2.24, 2.45) is 29.1 Å². The van der Waals surface area contributed by atoms with E-state index in [0.717, 1.165) is 54.2 Å². The minimum atomic E-state index is -0.825. The highest BCUT2D eigenvalue weighted by atomic mass is 127. The number of carbonyl (C=O) groups is 1. The summed E-state index contributed by atoms with van der Waals surface area (Å²) < 4.78 is 12.7. The number of morpholine rings is 1. The van der Waals surface area contributed by atoms with Crippen LogP contribution in [0.5, 0.6) is 5.75 Å². The number of fused-ring (bicyclic) bond motifs is 2. The molecule has 2 bridgehead atoms. The Balaban J connectivity index is 1.31. The van der Waals surface area contributed by atoms with Crippen LogP contribution in [0.4, 0.5) is 0 Å². The first-order chi connectivity index (χ1) is 19.1. The zero-order valence-corrected chi connectivity index (χ0v) is 26.4. The van der Waals surface area contributed by atoms with Gasteiger partial charge >= 0.3 is 0 Å². The van der Waals surface area contributed by atoms with Crippen LogP contribution in [-0.2, 0) is 20.9 Å². The van der Waals surface area contributed by atoms with E-state index in [1.807, 2.05) is 18.2 Å². The number of hydroxylamine groups is 2. The average molecular weight is 672 g/mol. The molecule has 10 heteroatoms. The van der Waals surface area contributed by atoms with E-state index in [2.05, 4.69) is 53.6 Å². The molecule has 2 saturated heterocycles. The Labute approximate surface area is 252 Å². The Hall–Kier alpha value is -1.02. The van der Waals surface area contributed by atoms with Crippen molar-refractivity contribution in [1.82, 2.24) is 15.3 Å². The number of amides is 1. The zero-order chi connectivity index (χ0) is 28.6. The van der Waals surface area contributed by atoms with Gasteiger partial charge in [0, 0.05) is 37.2 Å². The van der Waals surface area contributed by atoms with Gasteiger partial charge in [0.25, 0.3) is 0 Å². The molecule has 0 spiro atoms. The monoisotopic (exact) mass is 671 g/mol. The number of halogens is 1. The quantitative estimate of drug-likeness (QED) is 0.327. The van der Waals surface area contributed by atoms with E-state index >= 15 is 0 Å². The molecule has 0 aromatic heterocycles. The molecule has 1 amide bonds. The van der Waals surface area contributed by atoms with Crippen molar-refractivity contribution < 1.29 is 29.3 Å². The van der Waals surface area contributed by atoms with Crippen LogP contribution in [-0.4, -0.2) is 96.4 Å². The SMILES string of the molecule is C[C@H](O)[C@@H]1[C@H](CO)ON(Cc2cccc(I)c2OCCN2CCOCC2)[C@@H]1C(=O)N[C@H]1C[C@H]2CC([C@@H]1C)C2(C)C. The number of rotatable bonds is 10. The maximum atomic E-state index is 13.9. The number of nitrogens with one attached hydrogen (secondary N) is 1. The maximum absolute atomic E-state index is 13.9. The first-order valence-corrected chi connectivity index (χ1v) is 15.9. The summed E-state index contributed by atoms with van der Waals surface area (Å²) in [4.78, 5) is 22.5. The molecule has 3 aliphatic carbocycles. The van der Waals surface area contributed by atoms with Gasteiger partial charge < -0.3 is 25.0 Å². The molecule has 3 saturated carbocycles. The van der Waals surface area contributed by atoms with Gasteiger partial charge in [0.1, 0.15) is 24.5 Å². The molecule has 40 heavy (non-hydrogen) atoms.